The summed E-state index contributed by atoms with van der Waals surface area (Å²) in [6.45, 7) is 8.25. The second-order valence-electron chi connectivity index (χ2n) is 5.51. The van der Waals surface area contributed by atoms with E-state index < -0.39 is 0 Å². The molecule has 0 saturated heterocycles. The molecule has 0 radical (unpaired) electrons. The van der Waals surface area contributed by atoms with Crippen LogP contribution in [0.3, 0.4) is 0 Å². The molecule has 0 aliphatic heterocycles. The summed E-state index contributed by atoms with van der Waals surface area (Å²) in [5.74, 6) is 3.36. The van der Waals surface area contributed by atoms with Crippen molar-refractivity contribution in [3.05, 3.63) is 35.9 Å². The van der Waals surface area contributed by atoms with Crippen LogP contribution in [0.2, 0.25) is 0 Å². The Bertz CT molecular complexity index is 589. The Morgan fingerprint density at radius 2 is 2.22 bits per heavy atom. The molecule has 0 fully saturated rings. The van der Waals surface area contributed by atoms with E-state index in [1.54, 1.807) is 6.26 Å². The topological polar surface area (TPSA) is 88.5 Å². The van der Waals surface area contributed by atoms with Crippen LogP contribution in [0.1, 0.15) is 50.6 Å². The SMILES string of the molecule is CCNC(=NCc1ccco1)NCCCc1nc(C(C)C)no1. The number of nitrogens with zero attached hydrogens (tertiary/aromatic N) is 3. The number of hydrogen-bond acceptors (Lipinski definition) is 5. The minimum absolute atomic E-state index is 0.291. The molecule has 0 aromatic carbocycles. The van der Waals surface area contributed by atoms with Crippen LogP contribution in [-0.4, -0.2) is 29.2 Å². The number of aryl methyl sites for hydroxylation is 1. The number of nitrogens with one attached hydrogen (secondary N) is 2. The lowest BCUT2D eigenvalue weighted by molar-refractivity contribution is 0.368. The van der Waals surface area contributed by atoms with E-state index in [0.29, 0.717) is 18.4 Å². The van der Waals surface area contributed by atoms with Crippen LogP contribution >= 0.6 is 0 Å². The number of hydrogen-bond donors (Lipinski definition) is 2. The van der Waals surface area contributed by atoms with Crippen LogP contribution in [0, 0.1) is 0 Å². The zero-order chi connectivity index (χ0) is 16.5. The van der Waals surface area contributed by atoms with Gasteiger partial charge in [0.2, 0.25) is 5.89 Å². The zero-order valence-corrected chi connectivity index (χ0v) is 14.0. The summed E-state index contributed by atoms with van der Waals surface area (Å²) >= 11 is 0. The molecule has 0 aliphatic rings. The fraction of sp³-hybridized carbons (Fsp3) is 0.562. The maximum absolute atomic E-state index is 5.28. The fourth-order valence-corrected chi connectivity index (χ4v) is 1.95. The predicted molar refractivity (Wildman–Crippen MR) is 88.2 cm³/mol. The molecule has 126 valence electrons. The highest BCUT2D eigenvalue weighted by molar-refractivity contribution is 5.79. The number of furan rings is 1. The number of rotatable bonds is 8. The molecule has 7 nitrogen and oxygen atoms in total. The van der Waals surface area contributed by atoms with E-state index in [4.69, 9.17) is 8.94 Å². The van der Waals surface area contributed by atoms with Crippen LogP contribution in [0.5, 0.6) is 0 Å². The van der Waals surface area contributed by atoms with Gasteiger partial charge in [-0.1, -0.05) is 19.0 Å². The maximum atomic E-state index is 5.28. The van der Waals surface area contributed by atoms with Gasteiger partial charge in [0.1, 0.15) is 12.3 Å². The van der Waals surface area contributed by atoms with Gasteiger partial charge in [0.15, 0.2) is 11.8 Å². The average molecular weight is 319 g/mol. The number of guanidine groups is 1. The quantitative estimate of drug-likeness (QED) is 0.441. The van der Waals surface area contributed by atoms with Gasteiger partial charge in [-0.15, -0.1) is 0 Å². The molecule has 2 N–H and O–H groups in total. The first-order valence-corrected chi connectivity index (χ1v) is 8.06. The van der Waals surface area contributed by atoms with E-state index in [1.807, 2.05) is 32.9 Å². The van der Waals surface area contributed by atoms with E-state index in [-0.39, 0.29) is 0 Å². The molecule has 0 spiro atoms. The third kappa shape index (κ3) is 5.77. The molecule has 0 bridgehead atoms. The van der Waals surface area contributed by atoms with Crippen molar-refractivity contribution in [2.24, 2.45) is 4.99 Å². The maximum Gasteiger partial charge on any atom is 0.226 e. The van der Waals surface area contributed by atoms with E-state index >= 15 is 0 Å². The third-order valence-electron chi connectivity index (χ3n) is 3.18. The Labute approximate surface area is 136 Å². The number of aliphatic imine (C=N–C) groups is 1. The van der Waals surface area contributed by atoms with Gasteiger partial charge in [-0.25, -0.2) is 4.99 Å². The van der Waals surface area contributed by atoms with Crippen LogP contribution in [0.25, 0.3) is 0 Å². The first-order chi connectivity index (χ1) is 11.2. The van der Waals surface area contributed by atoms with Crippen molar-refractivity contribution in [2.45, 2.75) is 46.1 Å². The Morgan fingerprint density at radius 1 is 1.35 bits per heavy atom. The number of aromatic nitrogens is 2. The molecular weight excluding hydrogens is 294 g/mol. The largest absolute Gasteiger partial charge is 0.467 e. The van der Waals surface area contributed by atoms with Crippen molar-refractivity contribution in [2.75, 3.05) is 13.1 Å². The van der Waals surface area contributed by atoms with Gasteiger partial charge in [0.05, 0.1) is 6.26 Å². The molecule has 2 aromatic rings. The molecular formula is C16H25N5O2. The molecule has 0 atom stereocenters. The summed E-state index contributed by atoms with van der Waals surface area (Å²) in [4.78, 5) is 8.85. The fourth-order valence-electron chi connectivity index (χ4n) is 1.95. The molecule has 2 rings (SSSR count). The van der Waals surface area contributed by atoms with Gasteiger partial charge in [0.25, 0.3) is 0 Å². The average Bonchev–Trinajstić information content (AvgIpc) is 3.20. The van der Waals surface area contributed by atoms with Crippen molar-refractivity contribution >= 4 is 5.96 Å². The normalized spacial score (nSPS) is 11.9. The third-order valence-corrected chi connectivity index (χ3v) is 3.18. The lowest BCUT2D eigenvalue weighted by atomic mass is 10.2. The monoisotopic (exact) mass is 319 g/mol. The van der Waals surface area contributed by atoms with Gasteiger partial charge >= 0.3 is 0 Å². The van der Waals surface area contributed by atoms with Gasteiger partial charge in [-0.3, -0.25) is 0 Å². The van der Waals surface area contributed by atoms with Crippen LogP contribution in [0.4, 0.5) is 0 Å². The molecule has 0 aliphatic carbocycles. The molecule has 7 heteroatoms. The predicted octanol–water partition coefficient (Wildman–Crippen LogP) is 2.47. The first kappa shape index (κ1) is 17.1. The molecule has 0 saturated carbocycles. The van der Waals surface area contributed by atoms with Crippen molar-refractivity contribution in [1.82, 2.24) is 20.8 Å². The minimum Gasteiger partial charge on any atom is -0.467 e. The lowest BCUT2D eigenvalue weighted by Crippen LogP contribution is -2.37. The first-order valence-electron chi connectivity index (χ1n) is 8.06. The molecule has 2 heterocycles. The smallest absolute Gasteiger partial charge is 0.226 e. The zero-order valence-electron chi connectivity index (χ0n) is 14.0. The Morgan fingerprint density at radius 3 is 2.87 bits per heavy atom. The van der Waals surface area contributed by atoms with Crippen molar-refractivity contribution < 1.29 is 8.94 Å². The highest BCUT2D eigenvalue weighted by atomic mass is 16.5. The molecule has 0 amide bonds. The standard InChI is InChI=1S/C16H25N5O2/c1-4-17-16(19-11-13-7-6-10-22-13)18-9-5-8-14-20-15(12(2)3)21-23-14/h6-7,10,12H,4-5,8-9,11H2,1-3H3,(H2,17,18,19). The highest BCUT2D eigenvalue weighted by Gasteiger charge is 2.09. The highest BCUT2D eigenvalue weighted by Crippen LogP contribution is 2.10. The molecule has 2 aromatic heterocycles. The van der Waals surface area contributed by atoms with E-state index in [0.717, 1.165) is 43.5 Å². The van der Waals surface area contributed by atoms with Gasteiger partial charge in [0, 0.05) is 25.4 Å². The Balaban J connectivity index is 1.74. The Hall–Kier alpha value is -2.31. The van der Waals surface area contributed by atoms with Gasteiger partial charge in [-0.2, -0.15) is 4.98 Å². The van der Waals surface area contributed by atoms with Gasteiger partial charge < -0.3 is 19.6 Å². The molecule has 0 unspecified atom stereocenters. The van der Waals surface area contributed by atoms with Crippen LogP contribution in [-0.2, 0) is 13.0 Å². The second-order valence-corrected chi connectivity index (χ2v) is 5.51. The van der Waals surface area contributed by atoms with Crippen LogP contribution < -0.4 is 10.6 Å². The minimum atomic E-state index is 0.291. The van der Waals surface area contributed by atoms with Crippen LogP contribution in [0.15, 0.2) is 32.3 Å². The van der Waals surface area contributed by atoms with Crippen molar-refractivity contribution in [1.29, 1.82) is 0 Å². The van der Waals surface area contributed by atoms with E-state index in [1.165, 1.54) is 0 Å². The Kier molecular flexibility index (Phi) is 6.65. The van der Waals surface area contributed by atoms with Crippen molar-refractivity contribution in [3.8, 4) is 0 Å². The lowest BCUT2D eigenvalue weighted by Gasteiger charge is -2.10. The summed E-state index contributed by atoms with van der Waals surface area (Å²) in [6, 6.07) is 3.77. The summed E-state index contributed by atoms with van der Waals surface area (Å²) in [7, 11) is 0. The van der Waals surface area contributed by atoms with Gasteiger partial charge in [-0.05, 0) is 25.5 Å². The van der Waals surface area contributed by atoms with E-state index in [9.17, 15) is 0 Å². The summed E-state index contributed by atoms with van der Waals surface area (Å²) in [5, 5.41) is 10.5. The van der Waals surface area contributed by atoms with E-state index in [2.05, 4.69) is 25.8 Å². The summed E-state index contributed by atoms with van der Waals surface area (Å²) < 4.78 is 10.5. The van der Waals surface area contributed by atoms with Crippen molar-refractivity contribution in [3.63, 3.8) is 0 Å². The molecule has 23 heavy (non-hydrogen) atoms. The second kappa shape index (κ2) is 8.97. The summed E-state index contributed by atoms with van der Waals surface area (Å²) in [6.07, 6.45) is 3.30. The summed E-state index contributed by atoms with van der Waals surface area (Å²) in [5.41, 5.74) is 0.